The van der Waals surface area contributed by atoms with E-state index in [4.69, 9.17) is 9.47 Å². The average molecular weight is 459 g/mol. The molecule has 1 saturated heterocycles. The van der Waals surface area contributed by atoms with Gasteiger partial charge in [-0.2, -0.15) is 0 Å². The van der Waals surface area contributed by atoms with Crippen LogP contribution >= 0.6 is 24.0 Å². The predicted octanol–water partition coefficient (Wildman–Crippen LogP) is 3.15. The zero-order valence-corrected chi connectivity index (χ0v) is 17.4. The summed E-state index contributed by atoms with van der Waals surface area (Å²) in [6, 6.07) is 10.1. The van der Waals surface area contributed by atoms with Crippen molar-refractivity contribution in [3.05, 3.63) is 30.3 Å². The third-order valence-electron chi connectivity index (χ3n) is 4.58. The minimum atomic E-state index is 0. The highest BCUT2D eigenvalue weighted by atomic mass is 127. The molecule has 0 unspecified atom stereocenters. The molecule has 2 fully saturated rings. The van der Waals surface area contributed by atoms with Gasteiger partial charge in [-0.05, 0) is 30.9 Å². The number of piperidine rings is 1. The molecule has 0 spiro atoms. The molecule has 1 aromatic rings. The van der Waals surface area contributed by atoms with Crippen LogP contribution in [0.1, 0.15) is 25.7 Å². The fourth-order valence-electron chi connectivity index (χ4n) is 2.98. The summed E-state index contributed by atoms with van der Waals surface area (Å²) in [5.41, 5.74) is 0. The lowest BCUT2D eigenvalue weighted by atomic mass is 10.1. The third-order valence-corrected chi connectivity index (χ3v) is 4.58. The highest BCUT2D eigenvalue weighted by Gasteiger charge is 2.23. The summed E-state index contributed by atoms with van der Waals surface area (Å²) < 4.78 is 11.7. The number of nitrogens with zero attached hydrogens (tertiary/aromatic N) is 2. The molecular weight excluding hydrogens is 429 g/mol. The van der Waals surface area contributed by atoms with Gasteiger partial charge in [-0.25, -0.2) is 0 Å². The first-order chi connectivity index (χ1) is 11.8. The number of ether oxygens (including phenoxy) is 2. The first-order valence-corrected chi connectivity index (χ1v) is 9.10. The van der Waals surface area contributed by atoms with Crippen LogP contribution in [0.3, 0.4) is 0 Å². The molecular formula is C19H30IN3O2. The van der Waals surface area contributed by atoms with Gasteiger partial charge in [0, 0.05) is 46.1 Å². The Balaban J connectivity index is 0.00000225. The topological polar surface area (TPSA) is 46.1 Å². The van der Waals surface area contributed by atoms with Gasteiger partial charge in [0.15, 0.2) is 5.96 Å². The van der Waals surface area contributed by atoms with Crippen molar-refractivity contribution >= 4 is 29.9 Å². The lowest BCUT2D eigenvalue weighted by molar-refractivity contribution is 0.122. The molecule has 0 radical (unpaired) electrons. The minimum Gasteiger partial charge on any atom is -0.490 e. The van der Waals surface area contributed by atoms with Crippen molar-refractivity contribution in [2.45, 2.75) is 31.8 Å². The third kappa shape index (κ3) is 7.01. The zero-order chi connectivity index (χ0) is 16.6. The fraction of sp³-hybridized carbons (Fsp3) is 0.632. The molecule has 1 aromatic carbocycles. The molecule has 140 valence electrons. The van der Waals surface area contributed by atoms with Crippen molar-refractivity contribution in [2.75, 3.05) is 39.9 Å². The van der Waals surface area contributed by atoms with E-state index in [2.05, 4.69) is 15.2 Å². The number of hydrogen-bond donors (Lipinski definition) is 1. The lowest BCUT2D eigenvalue weighted by Gasteiger charge is -2.34. The van der Waals surface area contributed by atoms with Crippen LogP contribution < -0.4 is 10.1 Å². The molecule has 25 heavy (non-hydrogen) atoms. The molecule has 0 amide bonds. The largest absolute Gasteiger partial charge is 0.490 e. The summed E-state index contributed by atoms with van der Waals surface area (Å²) in [6.07, 6.45) is 5.02. The first-order valence-electron chi connectivity index (χ1n) is 9.10. The molecule has 0 atom stereocenters. The summed E-state index contributed by atoms with van der Waals surface area (Å²) in [5, 5.41) is 3.41. The van der Waals surface area contributed by atoms with E-state index in [9.17, 15) is 0 Å². The molecule has 3 rings (SSSR count). The standard InChI is InChI=1S/C19H29N3O2.HI/c1-20-19(21-11-14-23-15-16-7-8-16)22-12-9-18(10-13-22)24-17-5-3-2-4-6-17;/h2-6,16,18H,7-15H2,1H3,(H,20,21);1H. The van der Waals surface area contributed by atoms with Crippen LogP contribution in [0.2, 0.25) is 0 Å². The molecule has 1 saturated carbocycles. The quantitative estimate of drug-likeness (QED) is 0.295. The van der Waals surface area contributed by atoms with E-state index in [0.29, 0.717) is 6.10 Å². The highest BCUT2D eigenvalue weighted by molar-refractivity contribution is 14.0. The zero-order valence-electron chi connectivity index (χ0n) is 15.0. The van der Waals surface area contributed by atoms with Crippen LogP contribution in [0.15, 0.2) is 35.3 Å². The molecule has 6 heteroatoms. The molecule has 1 heterocycles. The monoisotopic (exact) mass is 459 g/mol. The minimum absolute atomic E-state index is 0. The molecule has 5 nitrogen and oxygen atoms in total. The predicted molar refractivity (Wildman–Crippen MR) is 112 cm³/mol. The maximum atomic E-state index is 6.05. The van der Waals surface area contributed by atoms with E-state index in [1.807, 2.05) is 37.4 Å². The number of rotatable bonds is 7. The summed E-state index contributed by atoms with van der Waals surface area (Å²) in [5.74, 6) is 2.77. The van der Waals surface area contributed by atoms with Crippen molar-refractivity contribution in [2.24, 2.45) is 10.9 Å². The number of likely N-dealkylation sites (tertiary alicyclic amines) is 1. The second kappa shape index (κ2) is 10.9. The van der Waals surface area contributed by atoms with Gasteiger partial charge in [-0.3, -0.25) is 4.99 Å². The maximum absolute atomic E-state index is 6.05. The van der Waals surface area contributed by atoms with E-state index in [1.54, 1.807) is 0 Å². The van der Waals surface area contributed by atoms with Crippen LogP contribution in [-0.2, 0) is 4.74 Å². The molecule has 0 aromatic heterocycles. The second-order valence-electron chi connectivity index (χ2n) is 6.61. The Hall–Kier alpha value is -1.02. The number of hydrogen-bond acceptors (Lipinski definition) is 3. The number of nitrogens with one attached hydrogen (secondary N) is 1. The van der Waals surface area contributed by atoms with Crippen LogP contribution in [0.4, 0.5) is 0 Å². The fourth-order valence-corrected chi connectivity index (χ4v) is 2.98. The Bertz CT molecular complexity index is 515. The van der Waals surface area contributed by atoms with Crippen LogP contribution in [0, 0.1) is 5.92 Å². The van der Waals surface area contributed by atoms with Gasteiger partial charge in [-0.15, -0.1) is 24.0 Å². The van der Waals surface area contributed by atoms with E-state index >= 15 is 0 Å². The maximum Gasteiger partial charge on any atom is 0.193 e. The Kier molecular flexibility index (Phi) is 8.81. The summed E-state index contributed by atoms with van der Waals surface area (Å²) in [7, 11) is 1.85. The molecule has 1 N–H and O–H groups in total. The van der Waals surface area contributed by atoms with E-state index < -0.39 is 0 Å². The lowest BCUT2D eigenvalue weighted by Crippen LogP contribution is -2.48. The van der Waals surface area contributed by atoms with Gasteiger partial charge < -0.3 is 19.7 Å². The molecule has 2 aliphatic rings. The van der Waals surface area contributed by atoms with Gasteiger partial charge in [-0.1, -0.05) is 18.2 Å². The summed E-state index contributed by atoms with van der Waals surface area (Å²) >= 11 is 0. The van der Waals surface area contributed by atoms with E-state index in [-0.39, 0.29) is 24.0 Å². The first kappa shape index (κ1) is 20.3. The Morgan fingerprint density at radius 3 is 2.52 bits per heavy atom. The van der Waals surface area contributed by atoms with Crippen molar-refractivity contribution < 1.29 is 9.47 Å². The average Bonchev–Trinajstić information content (AvgIpc) is 3.44. The molecule has 0 bridgehead atoms. The Morgan fingerprint density at radius 2 is 1.88 bits per heavy atom. The second-order valence-corrected chi connectivity index (χ2v) is 6.61. The van der Waals surface area contributed by atoms with Gasteiger partial charge in [0.25, 0.3) is 0 Å². The number of aliphatic imine (C=N–C) groups is 1. The van der Waals surface area contributed by atoms with E-state index in [0.717, 1.165) is 63.3 Å². The van der Waals surface area contributed by atoms with Crippen molar-refractivity contribution in [3.8, 4) is 5.75 Å². The van der Waals surface area contributed by atoms with Crippen LogP contribution in [0.25, 0.3) is 0 Å². The summed E-state index contributed by atoms with van der Waals surface area (Å²) in [4.78, 5) is 6.71. The number of benzene rings is 1. The van der Waals surface area contributed by atoms with Gasteiger partial charge >= 0.3 is 0 Å². The Labute approximate surface area is 168 Å². The number of guanidine groups is 1. The molecule has 1 aliphatic heterocycles. The van der Waals surface area contributed by atoms with E-state index in [1.165, 1.54) is 12.8 Å². The van der Waals surface area contributed by atoms with Crippen molar-refractivity contribution in [1.82, 2.24) is 10.2 Å². The van der Waals surface area contributed by atoms with Crippen molar-refractivity contribution in [1.29, 1.82) is 0 Å². The molecule has 1 aliphatic carbocycles. The van der Waals surface area contributed by atoms with Gasteiger partial charge in [0.1, 0.15) is 11.9 Å². The number of para-hydroxylation sites is 1. The Morgan fingerprint density at radius 1 is 1.16 bits per heavy atom. The smallest absolute Gasteiger partial charge is 0.193 e. The van der Waals surface area contributed by atoms with Crippen LogP contribution in [0.5, 0.6) is 5.75 Å². The SMILES string of the molecule is CN=C(NCCOCC1CC1)N1CCC(Oc2ccccc2)CC1.I. The van der Waals surface area contributed by atoms with Gasteiger partial charge in [0.2, 0.25) is 0 Å². The normalized spacial score (nSPS) is 18.6. The van der Waals surface area contributed by atoms with Gasteiger partial charge in [0.05, 0.1) is 6.61 Å². The number of halogens is 1. The summed E-state index contributed by atoms with van der Waals surface area (Å²) in [6.45, 7) is 4.44. The highest BCUT2D eigenvalue weighted by Crippen LogP contribution is 2.28. The van der Waals surface area contributed by atoms with Crippen LogP contribution in [-0.4, -0.2) is 56.9 Å². The van der Waals surface area contributed by atoms with Crippen molar-refractivity contribution in [3.63, 3.8) is 0 Å².